The van der Waals surface area contributed by atoms with Crippen LogP contribution in [0.3, 0.4) is 0 Å². The summed E-state index contributed by atoms with van der Waals surface area (Å²) >= 11 is 0. The number of aromatic nitrogens is 1. The summed E-state index contributed by atoms with van der Waals surface area (Å²) < 4.78 is 15.9. The van der Waals surface area contributed by atoms with Gasteiger partial charge in [-0.25, -0.2) is 4.79 Å². The molecule has 0 spiro atoms. The molecule has 0 aliphatic heterocycles. The van der Waals surface area contributed by atoms with Crippen LogP contribution in [0.15, 0.2) is 48.7 Å². The molecule has 0 saturated heterocycles. The summed E-state index contributed by atoms with van der Waals surface area (Å²) in [6.07, 6.45) is 4.73. The number of ether oxygens (including phenoxy) is 3. The highest BCUT2D eigenvalue weighted by atomic mass is 16.5. The lowest BCUT2D eigenvalue weighted by Gasteiger charge is -2.14. The van der Waals surface area contributed by atoms with Crippen LogP contribution < -0.4 is 19.5 Å². The van der Waals surface area contributed by atoms with E-state index < -0.39 is 17.9 Å². The van der Waals surface area contributed by atoms with E-state index in [1.54, 1.807) is 24.4 Å². The van der Waals surface area contributed by atoms with Crippen LogP contribution >= 0.6 is 0 Å². The number of H-pyrrole nitrogens is 1. The quantitative estimate of drug-likeness (QED) is 0.456. The second-order valence-electron chi connectivity index (χ2n) is 6.76. The van der Waals surface area contributed by atoms with E-state index in [1.165, 1.54) is 27.4 Å². The maximum absolute atomic E-state index is 12.4. The highest BCUT2D eigenvalue weighted by molar-refractivity contribution is 5.95. The molecule has 3 aromatic rings. The highest BCUT2D eigenvalue weighted by Crippen LogP contribution is 2.38. The summed E-state index contributed by atoms with van der Waals surface area (Å²) in [5.74, 6) is -0.300. The Hall–Kier alpha value is -3.94. The molecule has 162 valence electrons. The van der Waals surface area contributed by atoms with Gasteiger partial charge in [0, 0.05) is 29.6 Å². The topological polar surface area (TPSA) is 110 Å². The first kappa shape index (κ1) is 21.8. The standard InChI is InChI=1S/C23H24N2O6/c1-29-19-10-14(11-20(30-2)22(19)31-3)8-9-21(26)25-18(23(27)28)12-15-13-24-17-7-5-4-6-16(15)17/h4-11,13,18,24H,12H2,1-3H3,(H,25,26)(H,27,28)/b9-8+/t18-/m0/s1. The van der Waals surface area contributed by atoms with Crippen molar-refractivity contribution < 1.29 is 28.9 Å². The van der Waals surface area contributed by atoms with E-state index in [0.717, 1.165) is 16.5 Å². The number of fused-ring (bicyclic) bond motifs is 1. The molecular weight excluding hydrogens is 400 g/mol. The number of methoxy groups -OCH3 is 3. The third-order valence-electron chi connectivity index (χ3n) is 4.83. The first-order chi connectivity index (χ1) is 15.0. The van der Waals surface area contributed by atoms with Gasteiger partial charge >= 0.3 is 5.97 Å². The predicted octanol–water partition coefficient (Wildman–Crippen LogP) is 3.02. The molecule has 1 amide bonds. The van der Waals surface area contributed by atoms with Crippen molar-refractivity contribution in [2.45, 2.75) is 12.5 Å². The molecule has 1 aromatic heterocycles. The smallest absolute Gasteiger partial charge is 0.326 e. The number of carboxylic acids is 1. The fourth-order valence-corrected chi connectivity index (χ4v) is 3.31. The number of aliphatic carboxylic acids is 1. The number of aromatic amines is 1. The molecule has 0 fully saturated rings. The summed E-state index contributed by atoms with van der Waals surface area (Å²) in [5, 5.41) is 13.0. The fraction of sp³-hybridized carbons (Fsp3) is 0.217. The van der Waals surface area contributed by atoms with Crippen LogP contribution in [0.1, 0.15) is 11.1 Å². The molecule has 8 heteroatoms. The number of carboxylic acid groups (broad SMARTS) is 1. The Balaban J connectivity index is 1.74. The molecule has 1 heterocycles. The Morgan fingerprint density at radius 1 is 1.10 bits per heavy atom. The minimum Gasteiger partial charge on any atom is -0.493 e. The van der Waals surface area contributed by atoms with Crippen molar-refractivity contribution in [1.82, 2.24) is 10.3 Å². The van der Waals surface area contributed by atoms with Gasteiger partial charge in [0.2, 0.25) is 11.7 Å². The summed E-state index contributed by atoms with van der Waals surface area (Å²) in [6, 6.07) is 9.90. The molecule has 0 aliphatic rings. The van der Waals surface area contributed by atoms with E-state index in [0.29, 0.717) is 22.8 Å². The number of amides is 1. The van der Waals surface area contributed by atoms with Crippen molar-refractivity contribution in [2.24, 2.45) is 0 Å². The maximum Gasteiger partial charge on any atom is 0.326 e. The number of carbonyl (C=O) groups excluding carboxylic acids is 1. The number of nitrogens with one attached hydrogen (secondary N) is 2. The lowest BCUT2D eigenvalue weighted by atomic mass is 10.0. The van der Waals surface area contributed by atoms with Crippen molar-refractivity contribution in [3.63, 3.8) is 0 Å². The SMILES string of the molecule is COc1cc(/C=C/C(=O)N[C@@H](Cc2c[nH]c3ccccc23)C(=O)O)cc(OC)c1OC. The average molecular weight is 424 g/mol. The molecule has 0 aliphatic carbocycles. The number of rotatable bonds is 9. The number of hydrogen-bond donors (Lipinski definition) is 3. The molecule has 2 aromatic carbocycles. The summed E-state index contributed by atoms with van der Waals surface area (Å²) in [6.45, 7) is 0. The first-order valence-corrected chi connectivity index (χ1v) is 9.53. The lowest BCUT2D eigenvalue weighted by Crippen LogP contribution is -2.41. The molecule has 31 heavy (non-hydrogen) atoms. The molecule has 0 saturated carbocycles. The van der Waals surface area contributed by atoms with E-state index in [9.17, 15) is 14.7 Å². The summed E-state index contributed by atoms with van der Waals surface area (Å²) in [5.41, 5.74) is 2.36. The Bertz CT molecular complexity index is 1090. The molecule has 3 N–H and O–H groups in total. The van der Waals surface area contributed by atoms with E-state index in [-0.39, 0.29) is 6.42 Å². The van der Waals surface area contributed by atoms with Crippen molar-refractivity contribution in [3.8, 4) is 17.2 Å². The first-order valence-electron chi connectivity index (χ1n) is 9.53. The molecule has 3 rings (SSSR count). The minimum absolute atomic E-state index is 0.156. The van der Waals surface area contributed by atoms with Crippen LogP contribution in [0.25, 0.3) is 17.0 Å². The zero-order chi connectivity index (χ0) is 22.4. The van der Waals surface area contributed by atoms with Gasteiger partial charge in [-0.15, -0.1) is 0 Å². The Kier molecular flexibility index (Phi) is 6.81. The van der Waals surface area contributed by atoms with Gasteiger partial charge in [0.1, 0.15) is 6.04 Å². The molecule has 0 unspecified atom stereocenters. The number of benzene rings is 2. The minimum atomic E-state index is -1.11. The van der Waals surface area contributed by atoms with Crippen molar-refractivity contribution in [1.29, 1.82) is 0 Å². The maximum atomic E-state index is 12.4. The molecule has 1 atom stereocenters. The largest absolute Gasteiger partial charge is 0.493 e. The van der Waals surface area contributed by atoms with Crippen LogP contribution in [-0.2, 0) is 16.0 Å². The molecule has 0 bridgehead atoms. The van der Waals surface area contributed by atoms with E-state index in [4.69, 9.17) is 14.2 Å². The van der Waals surface area contributed by atoms with Gasteiger partial charge in [-0.1, -0.05) is 18.2 Å². The van der Waals surface area contributed by atoms with Crippen molar-refractivity contribution >= 4 is 28.9 Å². The van der Waals surface area contributed by atoms with Gasteiger partial charge in [-0.3, -0.25) is 4.79 Å². The second-order valence-corrected chi connectivity index (χ2v) is 6.76. The van der Waals surface area contributed by atoms with Crippen LogP contribution in [-0.4, -0.2) is 49.3 Å². The summed E-state index contributed by atoms with van der Waals surface area (Å²) in [7, 11) is 4.50. The normalized spacial score (nSPS) is 12.0. The van der Waals surface area contributed by atoms with Crippen LogP contribution in [0.5, 0.6) is 17.2 Å². The van der Waals surface area contributed by atoms with Crippen LogP contribution in [0.4, 0.5) is 0 Å². The number of hydrogen-bond acceptors (Lipinski definition) is 5. The molecule has 8 nitrogen and oxygen atoms in total. The molecule has 0 radical (unpaired) electrons. The number of carbonyl (C=O) groups is 2. The van der Waals surface area contributed by atoms with Crippen molar-refractivity contribution in [2.75, 3.05) is 21.3 Å². The predicted molar refractivity (Wildman–Crippen MR) is 117 cm³/mol. The van der Waals surface area contributed by atoms with Crippen molar-refractivity contribution in [3.05, 3.63) is 59.8 Å². The third-order valence-corrected chi connectivity index (χ3v) is 4.83. The Morgan fingerprint density at radius 3 is 2.39 bits per heavy atom. The van der Waals surface area contributed by atoms with E-state index in [2.05, 4.69) is 10.3 Å². The molecular formula is C23H24N2O6. The second kappa shape index (κ2) is 9.71. The van der Waals surface area contributed by atoms with Gasteiger partial charge in [-0.05, 0) is 35.4 Å². The van der Waals surface area contributed by atoms with Gasteiger partial charge in [0.05, 0.1) is 21.3 Å². The Morgan fingerprint density at radius 2 is 1.77 bits per heavy atom. The third kappa shape index (κ3) is 4.98. The Labute approximate surface area is 179 Å². The lowest BCUT2D eigenvalue weighted by molar-refractivity contribution is -0.141. The van der Waals surface area contributed by atoms with E-state index in [1.807, 2.05) is 24.3 Å². The zero-order valence-corrected chi connectivity index (χ0v) is 17.5. The monoisotopic (exact) mass is 424 g/mol. The van der Waals surface area contributed by atoms with Crippen LogP contribution in [0, 0.1) is 0 Å². The van der Waals surface area contributed by atoms with Gasteiger partial charge in [-0.2, -0.15) is 0 Å². The fourth-order valence-electron chi connectivity index (χ4n) is 3.31. The summed E-state index contributed by atoms with van der Waals surface area (Å²) in [4.78, 5) is 27.2. The van der Waals surface area contributed by atoms with Gasteiger partial charge in [0.25, 0.3) is 0 Å². The van der Waals surface area contributed by atoms with Gasteiger partial charge in [0.15, 0.2) is 11.5 Å². The van der Waals surface area contributed by atoms with Crippen LogP contribution in [0.2, 0.25) is 0 Å². The van der Waals surface area contributed by atoms with Gasteiger partial charge < -0.3 is 29.6 Å². The highest BCUT2D eigenvalue weighted by Gasteiger charge is 2.21. The number of para-hydroxylation sites is 1. The van der Waals surface area contributed by atoms with E-state index >= 15 is 0 Å². The average Bonchev–Trinajstić information content (AvgIpc) is 3.19. The zero-order valence-electron chi connectivity index (χ0n) is 17.5.